The van der Waals surface area contributed by atoms with Crippen molar-refractivity contribution >= 4 is 32.8 Å². The summed E-state index contributed by atoms with van der Waals surface area (Å²) < 4.78 is 8.54. The van der Waals surface area contributed by atoms with Crippen LogP contribution in [0.2, 0.25) is 0 Å². The van der Waals surface area contributed by atoms with Crippen LogP contribution in [0.5, 0.6) is 0 Å². The summed E-state index contributed by atoms with van der Waals surface area (Å²) in [6.07, 6.45) is 2.14. The molecule has 0 bridgehead atoms. The van der Waals surface area contributed by atoms with Crippen molar-refractivity contribution in [3.05, 3.63) is 71.5 Å². The molecule has 0 saturated carbocycles. The van der Waals surface area contributed by atoms with Gasteiger partial charge in [-0.15, -0.1) is 0 Å². The minimum atomic E-state index is 0.506. The highest BCUT2D eigenvalue weighted by Gasteiger charge is 2.23. The van der Waals surface area contributed by atoms with Crippen molar-refractivity contribution < 1.29 is 8.98 Å². The lowest BCUT2D eigenvalue weighted by Crippen LogP contribution is -2.30. The molecule has 5 aromatic rings. The maximum absolute atomic E-state index is 6.34. The molecule has 29 heavy (non-hydrogen) atoms. The van der Waals surface area contributed by atoms with Crippen molar-refractivity contribution in [2.45, 2.75) is 33.6 Å². The summed E-state index contributed by atoms with van der Waals surface area (Å²) in [5.74, 6) is 0.506. The predicted molar refractivity (Wildman–Crippen MR) is 119 cm³/mol. The molecule has 0 spiro atoms. The molecular weight excluding hydrogens is 356 g/mol. The molecular formula is C26H25N2O+. The molecule has 2 aromatic carbocycles. The second-order valence-electron chi connectivity index (χ2n) is 8.32. The Morgan fingerprint density at radius 1 is 0.897 bits per heavy atom. The third-order valence-electron chi connectivity index (χ3n) is 5.92. The molecule has 0 radical (unpaired) electrons. The van der Waals surface area contributed by atoms with Crippen LogP contribution in [0.1, 0.15) is 36.6 Å². The molecule has 3 heteroatoms. The summed E-state index contributed by atoms with van der Waals surface area (Å²) in [5.41, 5.74) is 7.46. The third-order valence-corrected chi connectivity index (χ3v) is 5.92. The number of aromatic nitrogens is 2. The van der Waals surface area contributed by atoms with Gasteiger partial charge in [0.2, 0.25) is 11.4 Å². The molecule has 3 aromatic heterocycles. The van der Waals surface area contributed by atoms with E-state index in [-0.39, 0.29) is 0 Å². The summed E-state index contributed by atoms with van der Waals surface area (Å²) in [4.78, 5) is 4.62. The fraction of sp³-hybridized carbons (Fsp3) is 0.231. The largest absolute Gasteiger partial charge is 0.437 e. The molecule has 0 atom stereocenters. The van der Waals surface area contributed by atoms with Crippen molar-refractivity contribution in [1.82, 2.24) is 4.98 Å². The highest BCUT2D eigenvalue weighted by atomic mass is 16.3. The molecule has 0 fully saturated rings. The Bertz CT molecular complexity index is 1410. The highest BCUT2D eigenvalue weighted by Crippen LogP contribution is 2.38. The number of nitrogens with zero attached hydrogens (tertiary/aromatic N) is 2. The lowest BCUT2D eigenvalue weighted by molar-refractivity contribution is -0.659. The first-order valence-electron chi connectivity index (χ1n) is 10.2. The van der Waals surface area contributed by atoms with E-state index >= 15 is 0 Å². The molecule has 5 rings (SSSR count). The quantitative estimate of drug-likeness (QED) is 0.333. The fourth-order valence-electron chi connectivity index (χ4n) is 4.27. The van der Waals surface area contributed by atoms with Crippen molar-refractivity contribution in [2.75, 3.05) is 0 Å². The Labute approximate surface area is 170 Å². The number of rotatable bonds is 2. The first-order chi connectivity index (χ1) is 13.9. The van der Waals surface area contributed by atoms with Crippen LogP contribution in [0.3, 0.4) is 0 Å². The SMILES string of the molecule is Cc1ccc2c(n1)oc1c(-c3c4ccc(C(C)C)cc4cc[n+]3C)c(C)ccc12. The molecule has 0 aliphatic heterocycles. The van der Waals surface area contributed by atoms with E-state index in [1.165, 1.54) is 27.6 Å². The third kappa shape index (κ3) is 2.72. The lowest BCUT2D eigenvalue weighted by Gasteiger charge is -2.11. The van der Waals surface area contributed by atoms with Gasteiger partial charge in [-0.3, -0.25) is 0 Å². The zero-order valence-corrected chi connectivity index (χ0v) is 17.6. The van der Waals surface area contributed by atoms with Crippen LogP contribution in [-0.2, 0) is 7.05 Å². The van der Waals surface area contributed by atoms with Gasteiger partial charge in [-0.05, 0) is 54.5 Å². The van der Waals surface area contributed by atoms with Gasteiger partial charge in [0, 0.05) is 22.5 Å². The normalized spacial score (nSPS) is 11.9. The number of hydrogen-bond donors (Lipinski definition) is 0. The van der Waals surface area contributed by atoms with E-state index in [1.807, 2.05) is 13.0 Å². The van der Waals surface area contributed by atoms with E-state index in [9.17, 15) is 0 Å². The van der Waals surface area contributed by atoms with Crippen LogP contribution < -0.4 is 4.57 Å². The van der Waals surface area contributed by atoms with Gasteiger partial charge >= 0.3 is 0 Å². The van der Waals surface area contributed by atoms with E-state index in [4.69, 9.17) is 4.42 Å². The molecule has 0 N–H and O–H groups in total. The molecule has 0 saturated heterocycles. The summed E-state index contributed by atoms with van der Waals surface area (Å²) >= 11 is 0. The number of aryl methyl sites for hydroxylation is 3. The Morgan fingerprint density at radius 3 is 2.45 bits per heavy atom. The minimum Gasteiger partial charge on any atom is -0.437 e. The topological polar surface area (TPSA) is 29.9 Å². The smallest absolute Gasteiger partial charge is 0.227 e. The van der Waals surface area contributed by atoms with E-state index < -0.39 is 0 Å². The Kier molecular flexibility index (Phi) is 3.95. The van der Waals surface area contributed by atoms with Gasteiger partial charge in [0.25, 0.3) is 0 Å². The van der Waals surface area contributed by atoms with Crippen molar-refractivity contribution in [1.29, 1.82) is 0 Å². The summed E-state index contributed by atoms with van der Waals surface area (Å²) in [6, 6.07) is 17.5. The monoisotopic (exact) mass is 381 g/mol. The van der Waals surface area contributed by atoms with Gasteiger partial charge in [0.1, 0.15) is 7.05 Å². The van der Waals surface area contributed by atoms with Crippen LogP contribution in [0.25, 0.3) is 44.1 Å². The van der Waals surface area contributed by atoms with Gasteiger partial charge in [-0.1, -0.05) is 38.1 Å². The zero-order chi connectivity index (χ0) is 20.3. The van der Waals surface area contributed by atoms with Gasteiger partial charge in [0.15, 0.2) is 11.8 Å². The summed E-state index contributed by atoms with van der Waals surface area (Å²) in [7, 11) is 2.11. The maximum atomic E-state index is 6.34. The van der Waals surface area contributed by atoms with Gasteiger partial charge in [-0.25, -0.2) is 9.55 Å². The molecule has 3 nitrogen and oxygen atoms in total. The first-order valence-corrected chi connectivity index (χ1v) is 10.2. The highest BCUT2D eigenvalue weighted by molar-refractivity contribution is 6.11. The number of furan rings is 1. The van der Waals surface area contributed by atoms with Gasteiger partial charge < -0.3 is 4.42 Å². The zero-order valence-electron chi connectivity index (χ0n) is 17.6. The van der Waals surface area contributed by atoms with Gasteiger partial charge in [-0.2, -0.15) is 0 Å². The van der Waals surface area contributed by atoms with Gasteiger partial charge in [0.05, 0.1) is 10.9 Å². The number of fused-ring (bicyclic) bond motifs is 4. The maximum Gasteiger partial charge on any atom is 0.227 e. The van der Waals surface area contributed by atoms with Crippen LogP contribution in [0.15, 0.2) is 59.1 Å². The Balaban J connectivity index is 1.90. The van der Waals surface area contributed by atoms with Crippen LogP contribution in [0.4, 0.5) is 0 Å². The van der Waals surface area contributed by atoms with Crippen LogP contribution >= 0.6 is 0 Å². The second kappa shape index (κ2) is 6.41. The van der Waals surface area contributed by atoms with Crippen LogP contribution in [-0.4, -0.2) is 4.98 Å². The fourth-order valence-corrected chi connectivity index (χ4v) is 4.27. The van der Waals surface area contributed by atoms with E-state index in [0.29, 0.717) is 11.6 Å². The van der Waals surface area contributed by atoms with Crippen molar-refractivity contribution in [3.63, 3.8) is 0 Å². The molecule has 0 amide bonds. The van der Waals surface area contributed by atoms with Crippen molar-refractivity contribution in [2.24, 2.45) is 7.05 Å². The number of pyridine rings is 2. The summed E-state index contributed by atoms with van der Waals surface area (Å²) in [5, 5.41) is 4.67. The molecule has 0 aliphatic rings. The average molecular weight is 381 g/mol. The lowest BCUT2D eigenvalue weighted by atomic mass is 9.94. The standard InChI is InChI=1S/C26H25N2O/c1-15(2)18-8-11-20-19(14-18)12-13-28(5)24(20)23-16(3)6-9-21-22-10-7-17(4)27-26(22)29-25(21)23/h6-15H,1-5H3/q+1. The molecule has 3 heterocycles. The second-order valence-corrected chi connectivity index (χ2v) is 8.32. The molecule has 0 unspecified atom stereocenters. The van der Waals surface area contributed by atoms with E-state index in [0.717, 1.165) is 27.6 Å². The average Bonchev–Trinajstić information content (AvgIpc) is 3.05. The first kappa shape index (κ1) is 17.9. The Hall–Kier alpha value is -3.20. The van der Waals surface area contributed by atoms with E-state index in [2.05, 4.69) is 86.0 Å². The Morgan fingerprint density at radius 2 is 1.66 bits per heavy atom. The summed E-state index contributed by atoms with van der Waals surface area (Å²) in [6.45, 7) is 8.62. The number of benzene rings is 2. The number of hydrogen-bond acceptors (Lipinski definition) is 2. The van der Waals surface area contributed by atoms with Crippen LogP contribution in [0, 0.1) is 13.8 Å². The van der Waals surface area contributed by atoms with E-state index in [1.54, 1.807) is 0 Å². The molecule has 0 aliphatic carbocycles. The van der Waals surface area contributed by atoms with Crippen molar-refractivity contribution in [3.8, 4) is 11.3 Å². The molecule has 144 valence electrons. The minimum absolute atomic E-state index is 0.506. The predicted octanol–water partition coefficient (Wildman–Crippen LogP) is 6.37.